The Balaban J connectivity index is 2.46. The molecule has 3 nitrogen and oxygen atoms in total. The summed E-state index contributed by atoms with van der Waals surface area (Å²) in [5, 5.41) is 3.35. The van der Waals surface area contributed by atoms with Gasteiger partial charge in [0.15, 0.2) is 5.58 Å². The second-order valence-electron chi connectivity index (χ2n) is 4.29. The first-order chi connectivity index (χ1) is 7.53. The molecule has 0 aliphatic rings. The number of aromatic nitrogens is 1. The van der Waals surface area contributed by atoms with Crippen molar-refractivity contribution >= 4 is 27.0 Å². The van der Waals surface area contributed by atoms with Crippen LogP contribution in [0.5, 0.6) is 0 Å². The van der Waals surface area contributed by atoms with Crippen LogP contribution in [-0.2, 0) is 5.54 Å². The molecule has 0 fully saturated rings. The van der Waals surface area contributed by atoms with Gasteiger partial charge in [-0.3, -0.25) is 0 Å². The number of hydrogen-bond acceptors (Lipinski definition) is 3. The highest BCUT2D eigenvalue weighted by Gasteiger charge is 2.25. The van der Waals surface area contributed by atoms with Gasteiger partial charge >= 0.3 is 0 Å². The van der Waals surface area contributed by atoms with Crippen molar-refractivity contribution in [3.63, 3.8) is 0 Å². The predicted octanol–water partition coefficient (Wildman–Crippen LogP) is 3.43. The Morgan fingerprint density at radius 3 is 2.88 bits per heavy atom. The van der Waals surface area contributed by atoms with Gasteiger partial charge in [0, 0.05) is 4.47 Å². The average Bonchev–Trinajstić information content (AvgIpc) is 2.61. The summed E-state index contributed by atoms with van der Waals surface area (Å²) in [7, 11) is 0. The lowest BCUT2D eigenvalue weighted by Gasteiger charge is -2.21. The van der Waals surface area contributed by atoms with Gasteiger partial charge in [-0.1, -0.05) is 22.9 Å². The molecule has 1 aromatic carbocycles. The fraction of sp³-hybridized carbons (Fsp3) is 0.417. The lowest BCUT2D eigenvalue weighted by Crippen LogP contribution is -2.36. The van der Waals surface area contributed by atoms with Crippen LogP contribution in [0.15, 0.2) is 27.1 Å². The Labute approximate surface area is 103 Å². The Kier molecular flexibility index (Phi) is 3.04. The minimum atomic E-state index is -0.236. The van der Waals surface area contributed by atoms with Crippen LogP contribution in [0.2, 0.25) is 0 Å². The maximum Gasteiger partial charge on any atom is 0.215 e. The first-order valence-corrected chi connectivity index (χ1v) is 6.14. The van der Waals surface area contributed by atoms with E-state index in [1.165, 1.54) is 0 Å². The molecule has 1 aromatic heterocycles. The summed E-state index contributed by atoms with van der Waals surface area (Å²) in [6.07, 6.45) is 0. The molecular formula is C12H15BrN2O. The van der Waals surface area contributed by atoms with Crippen LogP contribution in [0.4, 0.5) is 0 Å². The Morgan fingerprint density at radius 2 is 2.19 bits per heavy atom. The number of rotatable bonds is 3. The van der Waals surface area contributed by atoms with Gasteiger partial charge in [-0.15, -0.1) is 0 Å². The molecule has 0 spiro atoms. The van der Waals surface area contributed by atoms with Crippen molar-refractivity contribution in [3.8, 4) is 0 Å². The van der Waals surface area contributed by atoms with E-state index in [2.05, 4.69) is 47.0 Å². The number of benzene rings is 1. The van der Waals surface area contributed by atoms with Gasteiger partial charge in [0.1, 0.15) is 5.52 Å². The van der Waals surface area contributed by atoms with E-state index in [-0.39, 0.29) is 5.54 Å². The molecule has 1 heterocycles. The summed E-state index contributed by atoms with van der Waals surface area (Å²) >= 11 is 3.43. The Hall–Kier alpha value is -0.870. The van der Waals surface area contributed by atoms with Crippen molar-refractivity contribution in [2.75, 3.05) is 6.54 Å². The molecule has 0 atom stereocenters. The topological polar surface area (TPSA) is 38.1 Å². The number of nitrogens with zero attached hydrogens (tertiary/aromatic N) is 1. The van der Waals surface area contributed by atoms with Crippen LogP contribution >= 0.6 is 15.9 Å². The van der Waals surface area contributed by atoms with Crippen LogP contribution in [0.25, 0.3) is 11.1 Å². The second kappa shape index (κ2) is 4.18. The normalized spacial score (nSPS) is 12.2. The van der Waals surface area contributed by atoms with E-state index >= 15 is 0 Å². The zero-order valence-corrected chi connectivity index (χ0v) is 11.3. The van der Waals surface area contributed by atoms with Gasteiger partial charge in [0.2, 0.25) is 5.89 Å². The van der Waals surface area contributed by atoms with Crippen LogP contribution < -0.4 is 5.32 Å². The third kappa shape index (κ3) is 2.13. The molecule has 0 radical (unpaired) electrons. The highest BCUT2D eigenvalue weighted by molar-refractivity contribution is 9.10. The van der Waals surface area contributed by atoms with Crippen molar-refractivity contribution in [2.24, 2.45) is 0 Å². The van der Waals surface area contributed by atoms with Gasteiger partial charge in [0.25, 0.3) is 0 Å². The third-order valence-corrected chi connectivity index (χ3v) is 3.00. The number of oxazole rings is 1. The van der Waals surface area contributed by atoms with E-state index < -0.39 is 0 Å². The third-order valence-electron chi connectivity index (χ3n) is 2.50. The van der Waals surface area contributed by atoms with E-state index in [0.29, 0.717) is 0 Å². The van der Waals surface area contributed by atoms with Gasteiger partial charge in [-0.05, 0) is 38.6 Å². The quantitative estimate of drug-likeness (QED) is 0.937. The van der Waals surface area contributed by atoms with Crippen LogP contribution in [0, 0.1) is 0 Å². The first kappa shape index (κ1) is 11.6. The zero-order valence-electron chi connectivity index (χ0n) is 9.67. The lowest BCUT2D eigenvalue weighted by molar-refractivity contribution is 0.323. The smallest absolute Gasteiger partial charge is 0.215 e. The molecule has 0 saturated carbocycles. The van der Waals surface area contributed by atoms with E-state index in [4.69, 9.17) is 4.42 Å². The molecule has 0 amide bonds. The highest BCUT2D eigenvalue weighted by atomic mass is 79.9. The number of hydrogen-bond donors (Lipinski definition) is 1. The number of nitrogens with one attached hydrogen (secondary N) is 1. The fourth-order valence-corrected chi connectivity index (χ4v) is 2.03. The zero-order chi connectivity index (χ0) is 11.8. The molecule has 0 unspecified atom stereocenters. The maximum atomic E-state index is 5.75. The molecule has 4 heteroatoms. The van der Waals surface area contributed by atoms with Crippen LogP contribution in [-0.4, -0.2) is 11.5 Å². The SMILES string of the molecule is CCNC(C)(C)c1nc2cc(Br)ccc2o1. The summed E-state index contributed by atoms with van der Waals surface area (Å²) in [4.78, 5) is 4.50. The molecule has 1 N–H and O–H groups in total. The number of fused-ring (bicyclic) bond motifs is 1. The van der Waals surface area contributed by atoms with Crippen molar-refractivity contribution in [1.29, 1.82) is 0 Å². The molecule has 86 valence electrons. The van der Waals surface area contributed by atoms with Crippen molar-refractivity contribution in [3.05, 3.63) is 28.6 Å². The minimum Gasteiger partial charge on any atom is -0.439 e. The fourth-order valence-electron chi connectivity index (χ4n) is 1.69. The summed E-state index contributed by atoms with van der Waals surface area (Å²) in [6, 6.07) is 5.85. The summed E-state index contributed by atoms with van der Waals surface area (Å²) in [5.74, 6) is 0.724. The molecule has 16 heavy (non-hydrogen) atoms. The summed E-state index contributed by atoms with van der Waals surface area (Å²) < 4.78 is 6.76. The van der Waals surface area contributed by atoms with Gasteiger partial charge in [-0.25, -0.2) is 4.98 Å². The molecule has 0 saturated heterocycles. The maximum absolute atomic E-state index is 5.75. The molecular weight excluding hydrogens is 268 g/mol. The minimum absolute atomic E-state index is 0.236. The van der Waals surface area contributed by atoms with E-state index in [9.17, 15) is 0 Å². The highest BCUT2D eigenvalue weighted by Crippen LogP contribution is 2.26. The first-order valence-electron chi connectivity index (χ1n) is 5.34. The molecule has 2 rings (SSSR count). The second-order valence-corrected chi connectivity index (χ2v) is 5.20. The van der Waals surface area contributed by atoms with Crippen LogP contribution in [0.3, 0.4) is 0 Å². The average molecular weight is 283 g/mol. The largest absolute Gasteiger partial charge is 0.439 e. The summed E-state index contributed by atoms with van der Waals surface area (Å²) in [6.45, 7) is 7.09. The summed E-state index contributed by atoms with van der Waals surface area (Å²) in [5.41, 5.74) is 1.47. The van der Waals surface area contributed by atoms with E-state index in [0.717, 1.165) is 28.0 Å². The Morgan fingerprint density at radius 1 is 1.44 bits per heavy atom. The molecule has 0 aliphatic carbocycles. The molecule has 2 aromatic rings. The Bertz CT molecular complexity index is 505. The van der Waals surface area contributed by atoms with Gasteiger partial charge < -0.3 is 9.73 Å². The van der Waals surface area contributed by atoms with Gasteiger partial charge in [0.05, 0.1) is 5.54 Å². The monoisotopic (exact) mass is 282 g/mol. The molecule has 0 aliphatic heterocycles. The predicted molar refractivity (Wildman–Crippen MR) is 68.4 cm³/mol. The van der Waals surface area contributed by atoms with Crippen molar-refractivity contribution in [1.82, 2.24) is 10.3 Å². The van der Waals surface area contributed by atoms with Gasteiger partial charge in [-0.2, -0.15) is 0 Å². The number of halogens is 1. The van der Waals surface area contributed by atoms with Crippen LogP contribution in [0.1, 0.15) is 26.7 Å². The van der Waals surface area contributed by atoms with Crippen molar-refractivity contribution in [2.45, 2.75) is 26.3 Å². The van der Waals surface area contributed by atoms with E-state index in [1.807, 2.05) is 18.2 Å². The van der Waals surface area contributed by atoms with E-state index in [1.54, 1.807) is 0 Å². The lowest BCUT2D eigenvalue weighted by atomic mass is 10.1. The van der Waals surface area contributed by atoms with Crippen molar-refractivity contribution < 1.29 is 4.42 Å². The molecule has 0 bridgehead atoms. The standard InChI is InChI=1S/C12H15BrN2O/c1-4-14-12(2,3)11-15-9-7-8(13)5-6-10(9)16-11/h5-7,14H,4H2,1-3H3.